The van der Waals surface area contributed by atoms with Crippen LogP contribution in [0.1, 0.15) is 0 Å². The number of nitro benzene ring substituents is 1. The number of aromatic hydroxyl groups is 1. The van der Waals surface area contributed by atoms with Crippen LogP contribution in [0.5, 0.6) is 5.75 Å². The largest absolute Gasteiger partial charge is 0.506 e. The van der Waals surface area contributed by atoms with Gasteiger partial charge >= 0.3 is 0 Å². The van der Waals surface area contributed by atoms with Crippen LogP contribution in [0.2, 0.25) is 0 Å². The van der Waals surface area contributed by atoms with Gasteiger partial charge in [0.1, 0.15) is 11.3 Å². The van der Waals surface area contributed by atoms with Crippen molar-refractivity contribution < 1.29 is 48.6 Å². The first-order valence-electron chi connectivity index (χ1n) is 3.91. The van der Waals surface area contributed by atoms with Gasteiger partial charge in [-0.25, -0.2) is 0 Å². The number of fused-ring (bicyclic) bond motifs is 1. The third-order valence-corrected chi connectivity index (χ3v) is 1.92. The predicted octanol–water partition coefficient (Wildman–Crippen LogP) is 1.85. The summed E-state index contributed by atoms with van der Waals surface area (Å²) in [7, 11) is 0. The van der Waals surface area contributed by atoms with Crippen molar-refractivity contribution in [1.82, 2.24) is 4.98 Å². The maximum Gasteiger partial charge on any atom is 0.279 e. The third-order valence-electron chi connectivity index (χ3n) is 1.92. The Morgan fingerprint density at radius 1 is 1.33 bits per heavy atom. The van der Waals surface area contributed by atoms with Crippen LogP contribution in [-0.4, -0.2) is 15.0 Å². The van der Waals surface area contributed by atoms with Gasteiger partial charge < -0.3 is 5.11 Å². The minimum absolute atomic E-state index is 0. The number of phenols is 1. The zero-order valence-electron chi connectivity index (χ0n) is 7.38. The summed E-state index contributed by atoms with van der Waals surface area (Å²) in [6.45, 7) is 0. The summed E-state index contributed by atoms with van der Waals surface area (Å²) in [4.78, 5) is 14.0. The number of nitrogens with zero attached hydrogens (tertiary/aromatic N) is 2. The van der Waals surface area contributed by atoms with Crippen LogP contribution in [0.15, 0.2) is 30.5 Å². The molecule has 0 unspecified atom stereocenters. The Kier molecular flexibility index (Phi) is 3.87. The third kappa shape index (κ3) is 2.20. The number of rotatable bonds is 1. The molecule has 0 spiro atoms. The molecule has 1 N–H and O–H groups in total. The first-order valence-corrected chi connectivity index (χ1v) is 3.91. The van der Waals surface area contributed by atoms with E-state index in [-0.39, 0.29) is 55.6 Å². The standard InChI is InChI=1S/C9H6N2O3.Tb/c12-8-4-3-7(11(13)14)6-2-1-5-10-9(6)8;/h1-5,12H;. The fourth-order valence-electron chi connectivity index (χ4n) is 1.30. The summed E-state index contributed by atoms with van der Waals surface area (Å²) in [5, 5.41) is 20.4. The van der Waals surface area contributed by atoms with Crippen molar-refractivity contribution in [1.29, 1.82) is 0 Å². The average molecular weight is 349 g/mol. The average Bonchev–Trinajstić information content (AvgIpc) is 2.18. The molecule has 0 amide bonds. The fraction of sp³-hybridized carbons (Fsp3) is 0. The first-order chi connectivity index (χ1) is 6.70. The van der Waals surface area contributed by atoms with E-state index in [0.29, 0.717) is 5.39 Å². The second kappa shape index (κ2) is 4.76. The van der Waals surface area contributed by atoms with Crippen molar-refractivity contribution in [3.8, 4) is 5.75 Å². The van der Waals surface area contributed by atoms with Crippen molar-refractivity contribution in [2.45, 2.75) is 0 Å². The Morgan fingerprint density at radius 3 is 2.73 bits per heavy atom. The second-order valence-corrected chi connectivity index (χ2v) is 2.76. The number of non-ortho nitro benzene ring substituents is 1. The maximum atomic E-state index is 10.6. The second-order valence-electron chi connectivity index (χ2n) is 2.76. The summed E-state index contributed by atoms with van der Waals surface area (Å²) < 4.78 is 0. The first kappa shape index (κ1) is 12.2. The molecular weight excluding hydrogens is 343 g/mol. The van der Waals surface area contributed by atoms with Gasteiger partial charge in [0.15, 0.2) is 0 Å². The summed E-state index contributed by atoms with van der Waals surface area (Å²) in [6.07, 6.45) is 1.48. The molecule has 0 aliphatic rings. The smallest absolute Gasteiger partial charge is 0.279 e. The van der Waals surface area contributed by atoms with Gasteiger partial charge in [-0.15, -0.1) is 0 Å². The molecule has 1 radical (unpaired) electrons. The van der Waals surface area contributed by atoms with Crippen molar-refractivity contribution in [3.63, 3.8) is 0 Å². The minimum Gasteiger partial charge on any atom is -0.506 e. The van der Waals surface area contributed by atoms with Gasteiger partial charge in [0, 0.05) is 50.9 Å². The molecule has 1 aromatic carbocycles. The van der Waals surface area contributed by atoms with E-state index in [2.05, 4.69) is 4.98 Å². The monoisotopic (exact) mass is 349 g/mol. The number of aromatic nitrogens is 1. The Bertz CT molecular complexity index is 516. The summed E-state index contributed by atoms with van der Waals surface area (Å²) in [5.74, 6) is -0.0498. The van der Waals surface area contributed by atoms with Crippen LogP contribution in [-0.2, 0) is 0 Å². The van der Waals surface area contributed by atoms with Gasteiger partial charge in [-0.3, -0.25) is 15.1 Å². The summed E-state index contributed by atoms with van der Waals surface area (Å²) in [5.41, 5.74) is 0.201. The molecule has 1 heterocycles. The van der Waals surface area contributed by atoms with Crippen LogP contribution in [0.4, 0.5) is 5.69 Å². The SMILES string of the molecule is O=[N+]([O-])c1ccc(O)c2ncccc12.[Tb]. The molecule has 15 heavy (non-hydrogen) atoms. The van der Waals surface area contributed by atoms with Crippen molar-refractivity contribution >= 4 is 16.6 Å². The number of phenolic OH excluding ortho intramolecular Hbond substituents is 1. The zero-order valence-corrected chi connectivity index (χ0v) is 9.52. The number of nitro groups is 1. The predicted molar refractivity (Wildman–Crippen MR) is 50.1 cm³/mol. The van der Waals surface area contributed by atoms with Crippen molar-refractivity contribution in [2.24, 2.45) is 0 Å². The van der Waals surface area contributed by atoms with Crippen LogP contribution in [0.25, 0.3) is 10.9 Å². The Labute approximate surface area is 116 Å². The fourth-order valence-corrected chi connectivity index (χ4v) is 1.30. The minimum atomic E-state index is -0.497. The molecule has 2 aromatic rings. The van der Waals surface area contributed by atoms with Gasteiger partial charge in [0.25, 0.3) is 5.69 Å². The Balaban J connectivity index is 0.00000112. The zero-order chi connectivity index (χ0) is 10.1. The van der Waals surface area contributed by atoms with Crippen molar-refractivity contribution in [3.05, 3.63) is 40.6 Å². The van der Waals surface area contributed by atoms with E-state index in [9.17, 15) is 15.2 Å². The Hall–Kier alpha value is -0.884. The maximum absolute atomic E-state index is 10.6. The molecular formula is C9H6N2O3Tb. The van der Waals surface area contributed by atoms with E-state index < -0.39 is 4.92 Å². The van der Waals surface area contributed by atoms with E-state index in [1.807, 2.05) is 0 Å². The molecule has 0 atom stereocenters. The Morgan fingerprint density at radius 2 is 2.07 bits per heavy atom. The van der Waals surface area contributed by atoms with Crippen LogP contribution >= 0.6 is 0 Å². The van der Waals surface area contributed by atoms with Crippen LogP contribution < -0.4 is 0 Å². The number of hydrogen-bond donors (Lipinski definition) is 1. The van der Waals surface area contributed by atoms with Gasteiger partial charge in [-0.05, 0) is 18.2 Å². The normalized spacial score (nSPS) is 9.60. The summed E-state index contributed by atoms with van der Waals surface area (Å²) in [6, 6.07) is 5.68. The molecule has 5 nitrogen and oxygen atoms in total. The number of hydrogen-bond acceptors (Lipinski definition) is 4. The molecule has 0 saturated carbocycles. The quantitative estimate of drug-likeness (QED) is 0.630. The van der Waals surface area contributed by atoms with Crippen LogP contribution in [0, 0.1) is 48.7 Å². The van der Waals surface area contributed by atoms with Gasteiger partial charge in [0.2, 0.25) is 0 Å². The molecule has 6 heteroatoms. The number of benzene rings is 1. The molecule has 0 aliphatic heterocycles. The van der Waals surface area contributed by atoms with E-state index in [4.69, 9.17) is 0 Å². The molecule has 79 valence electrons. The van der Waals surface area contributed by atoms with E-state index in [0.717, 1.165) is 0 Å². The number of pyridine rings is 1. The van der Waals surface area contributed by atoms with E-state index in [1.165, 1.54) is 18.3 Å². The topological polar surface area (TPSA) is 76.3 Å². The molecule has 1 aromatic heterocycles. The van der Waals surface area contributed by atoms with Gasteiger partial charge in [-0.2, -0.15) is 0 Å². The molecule has 2 rings (SSSR count). The van der Waals surface area contributed by atoms with E-state index >= 15 is 0 Å². The molecule has 0 saturated heterocycles. The summed E-state index contributed by atoms with van der Waals surface area (Å²) >= 11 is 0. The van der Waals surface area contributed by atoms with Gasteiger partial charge in [-0.1, -0.05) is 0 Å². The molecule has 0 fully saturated rings. The van der Waals surface area contributed by atoms with Crippen LogP contribution in [0.3, 0.4) is 0 Å². The van der Waals surface area contributed by atoms with E-state index in [1.54, 1.807) is 12.1 Å². The molecule has 0 aliphatic carbocycles. The van der Waals surface area contributed by atoms with Gasteiger partial charge in [0.05, 0.1) is 10.3 Å². The molecule has 0 bridgehead atoms. The van der Waals surface area contributed by atoms with Crippen molar-refractivity contribution in [2.75, 3.05) is 0 Å².